The summed E-state index contributed by atoms with van der Waals surface area (Å²) in [5.41, 5.74) is 6.45. The Balaban J connectivity index is 1.99. The molecule has 1 fully saturated rings. The van der Waals surface area contributed by atoms with E-state index in [2.05, 4.69) is 22.8 Å². The van der Waals surface area contributed by atoms with Crippen LogP contribution in [0.2, 0.25) is 0 Å². The van der Waals surface area contributed by atoms with E-state index in [4.69, 9.17) is 10.8 Å². The molecule has 3 N–H and O–H groups in total. The third-order valence-electron chi connectivity index (χ3n) is 3.42. The van der Waals surface area contributed by atoms with Crippen molar-refractivity contribution >= 4 is 17.2 Å². The van der Waals surface area contributed by atoms with Crippen LogP contribution in [0, 0.1) is 11.8 Å². The maximum Gasteiger partial charge on any atom is 0.234 e. The summed E-state index contributed by atoms with van der Waals surface area (Å²) >= 11 is 1.66. The number of carbonyl (C=O) groups is 1. The molecule has 5 heteroatoms. The van der Waals surface area contributed by atoms with Gasteiger partial charge in [-0.1, -0.05) is 18.3 Å². The van der Waals surface area contributed by atoms with E-state index in [1.165, 1.54) is 4.88 Å². The maximum absolute atomic E-state index is 11.5. The van der Waals surface area contributed by atoms with Crippen LogP contribution in [-0.2, 0) is 11.3 Å². The van der Waals surface area contributed by atoms with Gasteiger partial charge >= 0.3 is 0 Å². The first-order valence-electron chi connectivity index (χ1n) is 6.91. The van der Waals surface area contributed by atoms with Crippen molar-refractivity contribution in [3.05, 3.63) is 21.9 Å². The Morgan fingerprint density at radius 2 is 2.40 bits per heavy atom. The van der Waals surface area contributed by atoms with E-state index in [0.717, 1.165) is 37.9 Å². The van der Waals surface area contributed by atoms with Gasteiger partial charge in [0.15, 0.2) is 0 Å². The number of amides is 1. The Hall–Kier alpha value is -1.35. The fourth-order valence-corrected chi connectivity index (χ4v) is 3.29. The highest BCUT2D eigenvalue weighted by atomic mass is 32.1. The summed E-state index contributed by atoms with van der Waals surface area (Å²) in [5.74, 6) is 5.72. The molecule has 1 aromatic heterocycles. The molecule has 2 heterocycles. The second kappa shape index (κ2) is 7.44. The first kappa shape index (κ1) is 15.0. The molecule has 1 atom stereocenters. The molecule has 1 aliphatic rings. The van der Waals surface area contributed by atoms with Crippen LogP contribution in [0.25, 0.3) is 0 Å². The van der Waals surface area contributed by atoms with E-state index < -0.39 is 0 Å². The summed E-state index contributed by atoms with van der Waals surface area (Å²) in [4.78, 5) is 14.8. The fourth-order valence-electron chi connectivity index (χ4n) is 2.45. The van der Waals surface area contributed by atoms with Crippen molar-refractivity contribution in [2.75, 3.05) is 13.2 Å². The molecule has 108 valence electrons. The normalized spacial score (nSPS) is 19.4. The van der Waals surface area contributed by atoms with Gasteiger partial charge in [0.1, 0.15) is 0 Å². The highest BCUT2D eigenvalue weighted by Gasteiger charge is 2.26. The van der Waals surface area contributed by atoms with Crippen molar-refractivity contribution in [2.24, 2.45) is 5.73 Å². The lowest BCUT2D eigenvalue weighted by Crippen LogP contribution is -2.46. The lowest BCUT2D eigenvalue weighted by Gasteiger charge is -2.33. The predicted molar refractivity (Wildman–Crippen MR) is 80.1 cm³/mol. The molecule has 0 bridgehead atoms. The minimum Gasteiger partial charge on any atom is -0.395 e. The number of hydrogen-bond acceptors (Lipinski definition) is 4. The summed E-state index contributed by atoms with van der Waals surface area (Å²) < 4.78 is 0. The van der Waals surface area contributed by atoms with Crippen molar-refractivity contribution < 1.29 is 9.90 Å². The summed E-state index contributed by atoms with van der Waals surface area (Å²) in [6, 6.07) is 1.93. The Labute approximate surface area is 123 Å². The molecule has 0 aliphatic carbocycles. The number of rotatable bonds is 4. The van der Waals surface area contributed by atoms with Gasteiger partial charge in [-0.15, -0.1) is 11.3 Å². The molecule has 1 unspecified atom stereocenters. The van der Waals surface area contributed by atoms with E-state index in [-0.39, 0.29) is 18.6 Å². The number of nitrogens with zero attached hydrogens (tertiary/aromatic N) is 1. The van der Waals surface area contributed by atoms with Gasteiger partial charge in [0, 0.05) is 28.8 Å². The molecule has 1 aromatic rings. The maximum atomic E-state index is 11.5. The number of aliphatic hydroxyl groups is 1. The Morgan fingerprint density at radius 1 is 1.55 bits per heavy atom. The first-order valence-corrected chi connectivity index (χ1v) is 7.79. The molecule has 1 aliphatic heterocycles. The van der Waals surface area contributed by atoms with Crippen LogP contribution < -0.4 is 5.73 Å². The molecule has 20 heavy (non-hydrogen) atoms. The van der Waals surface area contributed by atoms with Crippen molar-refractivity contribution in [2.45, 2.75) is 38.3 Å². The number of hydrogen-bond donors (Lipinski definition) is 2. The van der Waals surface area contributed by atoms with Crippen molar-refractivity contribution in [3.63, 3.8) is 0 Å². The Morgan fingerprint density at radius 3 is 3.15 bits per heavy atom. The number of carbonyl (C=O) groups excluding carboxylic acids is 1. The summed E-state index contributed by atoms with van der Waals surface area (Å²) in [6.07, 6.45) is 3.57. The lowest BCUT2D eigenvalue weighted by molar-refractivity contribution is -0.124. The minimum atomic E-state index is -0.218. The van der Waals surface area contributed by atoms with E-state index in [1.54, 1.807) is 11.3 Å². The molecular formula is C15H20N2O2S. The molecule has 0 saturated carbocycles. The number of thiophene rings is 1. The number of primary amides is 1. The largest absolute Gasteiger partial charge is 0.395 e. The monoisotopic (exact) mass is 292 g/mol. The van der Waals surface area contributed by atoms with Crippen LogP contribution in [-0.4, -0.2) is 35.1 Å². The molecule has 2 rings (SSSR count). The third-order valence-corrected chi connectivity index (χ3v) is 4.35. The van der Waals surface area contributed by atoms with Gasteiger partial charge in [0.05, 0.1) is 12.6 Å². The van der Waals surface area contributed by atoms with E-state index >= 15 is 0 Å². The topological polar surface area (TPSA) is 66.6 Å². The van der Waals surface area contributed by atoms with E-state index in [9.17, 15) is 4.79 Å². The van der Waals surface area contributed by atoms with Gasteiger partial charge < -0.3 is 10.8 Å². The van der Waals surface area contributed by atoms with Crippen molar-refractivity contribution in [1.82, 2.24) is 4.90 Å². The molecule has 1 amide bonds. The van der Waals surface area contributed by atoms with E-state index in [0.29, 0.717) is 6.42 Å². The fraction of sp³-hybridized carbons (Fsp3) is 0.533. The second-order valence-corrected chi connectivity index (χ2v) is 5.96. The summed E-state index contributed by atoms with van der Waals surface area (Å²) in [7, 11) is 0. The molecular weight excluding hydrogens is 272 g/mol. The molecule has 4 nitrogen and oxygen atoms in total. The minimum absolute atomic E-state index is 0.0953. The van der Waals surface area contributed by atoms with Gasteiger partial charge in [-0.2, -0.15) is 0 Å². The lowest BCUT2D eigenvalue weighted by atomic mass is 10.0. The first-order chi connectivity index (χ1) is 9.70. The molecule has 0 radical (unpaired) electrons. The van der Waals surface area contributed by atoms with Crippen LogP contribution in [0.5, 0.6) is 0 Å². The molecule has 0 spiro atoms. The van der Waals surface area contributed by atoms with Gasteiger partial charge in [-0.05, 0) is 25.5 Å². The quantitative estimate of drug-likeness (QED) is 0.823. The second-order valence-electron chi connectivity index (χ2n) is 4.96. The summed E-state index contributed by atoms with van der Waals surface area (Å²) in [6.45, 7) is 1.79. The smallest absolute Gasteiger partial charge is 0.234 e. The van der Waals surface area contributed by atoms with E-state index in [1.807, 2.05) is 5.38 Å². The van der Waals surface area contributed by atoms with Crippen LogP contribution >= 0.6 is 11.3 Å². The van der Waals surface area contributed by atoms with Crippen LogP contribution in [0.15, 0.2) is 11.4 Å². The zero-order valence-corrected chi connectivity index (χ0v) is 12.3. The third kappa shape index (κ3) is 4.07. The van der Waals surface area contributed by atoms with Gasteiger partial charge in [-0.3, -0.25) is 9.69 Å². The number of likely N-dealkylation sites (tertiary alicyclic amines) is 1. The summed E-state index contributed by atoms with van der Waals surface area (Å²) in [5, 5.41) is 10.7. The average molecular weight is 292 g/mol. The SMILES string of the molecule is NC(=O)C1CCCCN1Cc1cc(C#CCCO)cs1. The number of aliphatic hydroxyl groups excluding tert-OH is 1. The Kier molecular flexibility index (Phi) is 5.60. The zero-order valence-electron chi connectivity index (χ0n) is 11.5. The van der Waals surface area contributed by atoms with Gasteiger partial charge in [0.2, 0.25) is 5.91 Å². The van der Waals surface area contributed by atoms with Crippen molar-refractivity contribution in [3.8, 4) is 11.8 Å². The highest BCUT2D eigenvalue weighted by molar-refractivity contribution is 7.10. The van der Waals surface area contributed by atoms with Crippen LogP contribution in [0.4, 0.5) is 0 Å². The standard InChI is InChI=1S/C15H20N2O2S/c16-15(19)14-6-1-3-7-17(14)10-13-9-12(11-20-13)5-2-4-8-18/h9,11,14,18H,1,3-4,6-8,10H2,(H2,16,19). The number of piperidine rings is 1. The number of nitrogens with two attached hydrogens (primary N) is 1. The predicted octanol–water partition coefficient (Wildman–Crippen LogP) is 1.32. The van der Waals surface area contributed by atoms with Crippen LogP contribution in [0.3, 0.4) is 0 Å². The van der Waals surface area contributed by atoms with Gasteiger partial charge in [-0.25, -0.2) is 0 Å². The molecule has 0 aromatic carbocycles. The molecule has 1 saturated heterocycles. The van der Waals surface area contributed by atoms with Crippen molar-refractivity contribution in [1.29, 1.82) is 0 Å². The zero-order chi connectivity index (χ0) is 14.4. The van der Waals surface area contributed by atoms with Crippen LogP contribution in [0.1, 0.15) is 36.1 Å². The average Bonchev–Trinajstić information content (AvgIpc) is 2.87. The highest BCUT2D eigenvalue weighted by Crippen LogP contribution is 2.22. The Bertz CT molecular complexity index is 515. The van der Waals surface area contributed by atoms with Gasteiger partial charge in [0.25, 0.3) is 0 Å².